The van der Waals surface area contributed by atoms with Crippen molar-refractivity contribution in [2.75, 3.05) is 0 Å². The number of rotatable bonds is 5. The topological polar surface area (TPSA) is 43.1 Å². The quantitative estimate of drug-likeness (QED) is 0.792. The summed E-state index contributed by atoms with van der Waals surface area (Å²) in [5.41, 5.74) is 5.59. The van der Waals surface area contributed by atoms with Crippen LogP contribution in [0.3, 0.4) is 0 Å². The summed E-state index contributed by atoms with van der Waals surface area (Å²) in [6.45, 7) is 1.95. The van der Waals surface area contributed by atoms with E-state index < -0.39 is 0 Å². The maximum Gasteiger partial charge on any atom is 0.174 e. The summed E-state index contributed by atoms with van der Waals surface area (Å²) in [6, 6.07) is 1.92. The first-order valence-electron chi connectivity index (χ1n) is 4.63. The van der Waals surface area contributed by atoms with Gasteiger partial charge in [-0.15, -0.1) is 11.3 Å². The van der Waals surface area contributed by atoms with Crippen LogP contribution in [0.2, 0.25) is 5.02 Å². The van der Waals surface area contributed by atoms with Crippen molar-refractivity contribution in [1.82, 2.24) is 0 Å². The van der Waals surface area contributed by atoms with Crippen molar-refractivity contribution in [3.05, 3.63) is 21.3 Å². The van der Waals surface area contributed by atoms with Crippen LogP contribution in [-0.4, -0.2) is 11.8 Å². The molecule has 0 saturated heterocycles. The van der Waals surface area contributed by atoms with Gasteiger partial charge in [0.25, 0.3) is 0 Å². The fourth-order valence-corrected chi connectivity index (χ4v) is 2.32. The smallest absolute Gasteiger partial charge is 0.174 e. The summed E-state index contributed by atoms with van der Waals surface area (Å²) in [6.07, 6.45) is 2.27. The minimum absolute atomic E-state index is 0.130. The molecule has 0 saturated carbocycles. The first kappa shape index (κ1) is 11.7. The van der Waals surface area contributed by atoms with Gasteiger partial charge in [-0.2, -0.15) is 0 Å². The molecular formula is C10H14ClNOS. The lowest BCUT2D eigenvalue weighted by Crippen LogP contribution is -2.14. The zero-order valence-electron chi connectivity index (χ0n) is 8.13. The minimum atomic E-state index is 0.130. The molecule has 0 fully saturated rings. The summed E-state index contributed by atoms with van der Waals surface area (Å²) in [5.74, 6) is 0.130. The van der Waals surface area contributed by atoms with Gasteiger partial charge in [0.05, 0.1) is 9.90 Å². The highest BCUT2D eigenvalue weighted by molar-refractivity contribution is 7.12. The van der Waals surface area contributed by atoms with Gasteiger partial charge in [-0.1, -0.05) is 11.6 Å². The number of carbonyl (C=O) groups is 1. The summed E-state index contributed by atoms with van der Waals surface area (Å²) in [5, 5.41) is 2.40. The Bertz CT molecular complexity index is 309. The zero-order valence-corrected chi connectivity index (χ0v) is 9.70. The van der Waals surface area contributed by atoms with E-state index in [0.717, 1.165) is 12.8 Å². The molecule has 1 aromatic rings. The average Bonchev–Trinajstić information content (AvgIpc) is 2.50. The lowest BCUT2D eigenvalue weighted by Gasteiger charge is -2.03. The highest BCUT2D eigenvalue weighted by Gasteiger charge is 2.11. The normalized spacial score (nSPS) is 12.8. The molecule has 2 nitrogen and oxygen atoms in total. The van der Waals surface area contributed by atoms with Crippen LogP contribution in [0.5, 0.6) is 0 Å². The molecule has 0 aliphatic heterocycles. The number of Topliss-reactive ketones (excluding diaryl/α,β-unsaturated/α-hetero) is 1. The standard InChI is InChI=1S/C10H14ClNOS/c1-7(12)3-2-4-9(13)10-8(11)5-6-14-10/h5-7H,2-4,12H2,1H3. The number of halogens is 1. The van der Waals surface area contributed by atoms with Crippen molar-refractivity contribution in [3.63, 3.8) is 0 Å². The maximum atomic E-state index is 11.6. The van der Waals surface area contributed by atoms with Crippen molar-refractivity contribution < 1.29 is 4.79 Å². The lowest BCUT2D eigenvalue weighted by atomic mass is 10.1. The minimum Gasteiger partial charge on any atom is -0.328 e. The molecule has 0 spiro atoms. The largest absolute Gasteiger partial charge is 0.328 e. The van der Waals surface area contributed by atoms with Crippen molar-refractivity contribution in [2.45, 2.75) is 32.2 Å². The van der Waals surface area contributed by atoms with Crippen LogP contribution in [0.1, 0.15) is 35.9 Å². The molecule has 0 radical (unpaired) electrons. The second kappa shape index (κ2) is 5.49. The van der Waals surface area contributed by atoms with E-state index in [1.165, 1.54) is 11.3 Å². The number of carbonyl (C=O) groups excluding carboxylic acids is 1. The summed E-state index contributed by atoms with van der Waals surface area (Å²) in [7, 11) is 0. The van der Waals surface area contributed by atoms with Gasteiger partial charge in [0.1, 0.15) is 0 Å². The van der Waals surface area contributed by atoms with Crippen LogP contribution in [-0.2, 0) is 0 Å². The second-order valence-corrected chi connectivity index (χ2v) is 4.71. The summed E-state index contributed by atoms with van der Waals surface area (Å²) >= 11 is 7.24. The van der Waals surface area contributed by atoms with Crippen molar-refractivity contribution in [3.8, 4) is 0 Å². The van der Waals surface area contributed by atoms with E-state index in [0.29, 0.717) is 16.3 Å². The van der Waals surface area contributed by atoms with Crippen molar-refractivity contribution in [2.24, 2.45) is 5.73 Å². The van der Waals surface area contributed by atoms with Crippen LogP contribution >= 0.6 is 22.9 Å². The van der Waals surface area contributed by atoms with Gasteiger partial charge in [0, 0.05) is 12.5 Å². The van der Waals surface area contributed by atoms with E-state index >= 15 is 0 Å². The third kappa shape index (κ3) is 3.40. The van der Waals surface area contributed by atoms with E-state index in [1.54, 1.807) is 6.07 Å². The molecule has 0 aliphatic rings. The Morgan fingerprint density at radius 2 is 2.43 bits per heavy atom. The first-order valence-corrected chi connectivity index (χ1v) is 5.89. The van der Waals surface area contributed by atoms with Gasteiger partial charge in [-0.05, 0) is 31.2 Å². The van der Waals surface area contributed by atoms with Gasteiger partial charge in [-0.25, -0.2) is 0 Å². The predicted molar refractivity (Wildman–Crippen MR) is 61.2 cm³/mol. The number of thiophene rings is 1. The molecular weight excluding hydrogens is 218 g/mol. The maximum absolute atomic E-state index is 11.6. The summed E-state index contributed by atoms with van der Waals surface area (Å²) < 4.78 is 0. The van der Waals surface area contributed by atoms with Crippen molar-refractivity contribution in [1.29, 1.82) is 0 Å². The number of hydrogen-bond donors (Lipinski definition) is 1. The summed E-state index contributed by atoms with van der Waals surface area (Å²) in [4.78, 5) is 12.3. The molecule has 0 aromatic carbocycles. The fraction of sp³-hybridized carbons (Fsp3) is 0.500. The van der Waals surface area contributed by atoms with Gasteiger partial charge < -0.3 is 5.73 Å². The molecule has 0 amide bonds. The van der Waals surface area contributed by atoms with Crippen LogP contribution in [0.25, 0.3) is 0 Å². The number of nitrogens with two attached hydrogens (primary N) is 1. The molecule has 1 aromatic heterocycles. The van der Waals surface area contributed by atoms with Gasteiger partial charge in [-0.3, -0.25) is 4.79 Å². The van der Waals surface area contributed by atoms with Crippen molar-refractivity contribution >= 4 is 28.7 Å². The second-order valence-electron chi connectivity index (χ2n) is 3.39. The van der Waals surface area contributed by atoms with Crippen LogP contribution in [0.15, 0.2) is 11.4 Å². The Morgan fingerprint density at radius 3 is 2.93 bits per heavy atom. The van der Waals surface area contributed by atoms with Gasteiger partial charge in [0.2, 0.25) is 0 Å². The number of hydrogen-bond acceptors (Lipinski definition) is 3. The SMILES string of the molecule is CC(N)CCCC(=O)c1sccc1Cl. The van der Waals surface area contributed by atoms with E-state index in [4.69, 9.17) is 17.3 Å². The predicted octanol–water partition coefficient (Wildman–Crippen LogP) is 3.10. The highest BCUT2D eigenvalue weighted by Crippen LogP contribution is 2.24. The van der Waals surface area contributed by atoms with Gasteiger partial charge in [0.15, 0.2) is 5.78 Å². The van der Waals surface area contributed by atoms with Gasteiger partial charge >= 0.3 is 0 Å². The molecule has 0 aliphatic carbocycles. The van der Waals surface area contributed by atoms with Crippen LogP contribution in [0.4, 0.5) is 0 Å². The molecule has 14 heavy (non-hydrogen) atoms. The Balaban J connectivity index is 2.40. The monoisotopic (exact) mass is 231 g/mol. The van der Waals surface area contributed by atoms with E-state index in [-0.39, 0.29) is 11.8 Å². The van der Waals surface area contributed by atoms with Crippen LogP contribution in [0, 0.1) is 0 Å². The van der Waals surface area contributed by atoms with Crippen LogP contribution < -0.4 is 5.73 Å². The molecule has 1 atom stereocenters. The lowest BCUT2D eigenvalue weighted by molar-refractivity contribution is 0.0983. The average molecular weight is 232 g/mol. The molecule has 1 heterocycles. The Kier molecular flexibility index (Phi) is 4.58. The number of ketones is 1. The Morgan fingerprint density at radius 1 is 1.71 bits per heavy atom. The molecule has 1 rings (SSSR count). The molecule has 0 bridgehead atoms. The molecule has 1 unspecified atom stereocenters. The highest BCUT2D eigenvalue weighted by atomic mass is 35.5. The molecule has 78 valence electrons. The van der Waals surface area contributed by atoms with E-state index in [1.807, 2.05) is 12.3 Å². The molecule has 4 heteroatoms. The Hall–Kier alpha value is -0.380. The Labute approximate surface area is 93.1 Å². The van der Waals surface area contributed by atoms with E-state index in [9.17, 15) is 4.79 Å². The first-order chi connectivity index (χ1) is 6.61. The third-order valence-electron chi connectivity index (χ3n) is 1.93. The zero-order chi connectivity index (χ0) is 10.6. The fourth-order valence-electron chi connectivity index (χ4n) is 1.19. The molecule has 2 N–H and O–H groups in total. The third-order valence-corrected chi connectivity index (χ3v) is 3.32. The van der Waals surface area contributed by atoms with E-state index in [2.05, 4.69) is 0 Å².